The SMILES string of the molecule is COCCN1CCCc2cc3c(c(-c4cccc(Cl)c4)c21)CCN(C(=O)OC(C)(C)C)CC3. The summed E-state index contributed by atoms with van der Waals surface area (Å²) in [4.78, 5) is 17.1. The van der Waals surface area contributed by atoms with Crippen LogP contribution < -0.4 is 4.90 Å². The molecular formula is C27H35ClN2O3. The molecule has 0 saturated heterocycles. The number of fused-ring (bicyclic) bond motifs is 2. The van der Waals surface area contributed by atoms with E-state index in [-0.39, 0.29) is 6.09 Å². The quantitative estimate of drug-likeness (QED) is 0.571. The first-order chi connectivity index (χ1) is 15.8. The number of hydrogen-bond acceptors (Lipinski definition) is 4. The van der Waals surface area contributed by atoms with E-state index in [9.17, 15) is 4.79 Å². The largest absolute Gasteiger partial charge is 0.444 e. The van der Waals surface area contributed by atoms with Gasteiger partial charge in [0.25, 0.3) is 0 Å². The zero-order chi connectivity index (χ0) is 23.6. The number of carbonyl (C=O) groups excluding carboxylic acids is 1. The van der Waals surface area contributed by atoms with Gasteiger partial charge in [-0.15, -0.1) is 0 Å². The van der Waals surface area contributed by atoms with Crippen LogP contribution in [0.15, 0.2) is 30.3 Å². The Kier molecular flexibility index (Phi) is 7.20. The van der Waals surface area contributed by atoms with E-state index in [4.69, 9.17) is 21.1 Å². The van der Waals surface area contributed by atoms with Crippen molar-refractivity contribution in [2.24, 2.45) is 0 Å². The summed E-state index contributed by atoms with van der Waals surface area (Å²) < 4.78 is 11.1. The van der Waals surface area contributed by atoms with Gasteiger partial charge in [-0.2, -0.15) is 0 Å². The third-order valence-corrected chi connectivity index (χ3v) is 6.62. The lowest BCUT2D eigenvalue weighted by Gasteiger charge is -2.35. The van der Waals surface area contributed by atoms with Gasteiger partial charge in [0.05, 0.1) is 6.61 Å². The van der Waals surface area contributed by atoms with E-state index >= 15 is 0 Å². The van der Waals surface area contributed by atoms with E-state index < -0.39 is 5.60 Å². The van der Waals surface area contributed by atoms with Crippen molar-refractivity contribution in [3.63, 3.8) is 0 Å². The monoisotopic (exact) mass is 470 g/mol. The maximum absolute atomic E-state index is 12.8. The van der Waals surface area contributed by atoms with Crippen LogP contribution in [0.25, 0.3) is 11.1 Å². The molecule has 5 nitrogen and oxygen atoms in total. The summed E-state index contributed by atoms with van der Waals surface area (Å²) in [5, 5.41) is 0.738. The van der Waals surface area contributed by atoms with E-state index in [1.54, 1.807) is 7.11 Å². The van der Waals surface area contributed by atoms with E-state index in [0.717, 1.165) is 49.4 Å². The first kappa shape index (κ1) is 23.9. The number of carbonyl (C=O) groups is 1. The lowest BCUT2D eigenvalue weighted by atomic mass is 9.85. The Hall–Kier alpha value is -2.24. The highest BCUT2D eigenvalue weighted by Crippen LogP contribution is 2.43. The average Bonchev–Trinajstić information content (AvgIpc) is 2.97. The molecule has 0 N–H and O–H groups in total. The van der Waals surface area contributed by atoms with Gasteiger partial charge in [-0.3, -0.25) is 0 Å². The van der Waals surface area contributed by atoms with Gasteiger partial charge >= 0.3 is 6.09 Å². The van der Waals surface area contributed by atoms with Gasteiger partial charge in [0.1, 0.15) is 5.60 Å². The van der Waals surface area contributed by atoms with Crippen molar-refractivity contribution in [3.8, 4) is 11.1 Å². The topological polar surface area (TPSA) is 42.0 Å². The van der Waals surface area contributed by atoms with Crippen molar-refractivity contribution < 1.29 is 14.3 Å². The summed E-state index contributed by atoms with van der Waals surface area (Å²) in [6.07, 6.45) is 3.59. The Labute approximate surface area is 202 Å². The van der Waals surface area contributed by atoms with Gasteiger partial charge in [0, 0.05) is 49.6 Å². The minimum Gasteiger partial charge on any atom is -0.444 e. The number of amides is 1. The Bertz CT molecular complexity index is 1020. The van der Waals surface area contributed by atoms with Crippen LogP contribution in [0.3, 0.4) is 0 Å². The highest BCUT2D eigenvalue weighted by atomic mass is 35.5. The summed E-state index contributed by atoms with van der Waals surface area (Å²) in [5.74, 6) is 0. The van der Waals surface area contributed by atoms with E-state index in [1.807, 2.05) is 37.8 Å². The fraction of sp³-hybridized carbons (Fsp3) is 0.519. The Morgan fingerprint density at radius 3 is 2.58 bits per heavy atom. The molecule has 0 bridgehead atoms. The summed E-state index contributed by atoms with van der Waals surface area (Å²) in [6.45, 7) is 9.63. The van der Waals surface area contributed by atoms with Crippen LogP contribution in [0, 0.1) is 0 Å². The molecule has 0 spiro atoms. The first-order valence-corrected chi connectivity index (χ1v) is 12.3. The smallest absolute Gasteiger partial charge is 0.410 e. The van der Waals surface area contributed by atoms with Gasteiger partial charge in [0.2, 0.25) is 0 Å². The molecule has 0 aliphatic carbocycles. The molecule has 2 aromatic rings. The van der Waals surface area contributed by atoms with Gasteiger partial charge in [-0.1, -0.05) is 29.8 Å². The van der Waals surface area contributed by atoms with E-state index in [2.05, 4.69) is 23.1 Å². The molecule has 4 rings (SSSR count). The summed E-state index contributed by atoms with van der Waals surface area (Å²) in [7, 11) is 1.75. The molecule has 0 saturated carbocycles. The lowest BCUT2D eigenvalue weighted by molar-refractivity contribution is 0.0258. The van der Waals surface area contributed by atoms with E-state index in [0.29, 0.717) is 19.7 Å². The molecule has 0 radical (unpaired) electrons. The van der Waals surface area contributed by atoms with Crippen LogP contribution in [0.1, 0.15) is 43.9 Å². The van der Waals surface area contributed by atoms with Gasteiger partial charge < -0.3 is 19.3 Å². The third-order valence-electron chi connectivity index (χ3n) is 6.38. The van der Waals surface area contributed by atoms with Crippen molar-refractivity contribution >= 4 is 23.4 Å². The number of benzene rings is 2. The fourth-order valence-electron chi connectivity index (χ4n) is 4.97. The molecule has 2 aliphatic rings. The molecule has 0 atom stereocenters. The molecule has 0 aromatic heterocycles. The maximum atomic E-state index is 12.8. The highest BCUT2D eigenvalue weighted by Gasteiger charge is 2.29. The molecule has 0 fully saturated rings. The van der Waals surface area contributed by atoms with Crippen LogP contribution in [-0.4, -0.2) is 56.5 Å². The number of nitrogens with zero attached hydrogens (tertiary/aromatic N) is 2. The van der Waals surface area contributed by atoms with Gasteiger partial charge in [-0.05, 0) is 80.8 Å². The van der Waals surface area contributed by atoms with Crippen molar-refractivity contribution in [1.29, 1.82) is 0 Å². The molecular weight excluding hydrogens is 436 g/mol. The molecule has 1 amide bonds. The van der Waals surface area contributed by atoms with Crippen LogP contribution in [-0.2, 0) is 28.7 Å². The standard InChI is InChI=1S/C27H35ClN2O3/c1-27(2,3)33-26(31)30-13-10-19-17-21-8-6-12-29(15-16-32-4)25(21)24(23(19)11-14-30)20-7-5-9-22(28)18-20/h5,7,9,17-18H,6,8,10-16H2,1-4H3. The normalized spacial score (nSPS) is 16.2. The first-order valence-electron chi connectivity index (χ1n) is 11.9. The molecule has 2 heterocycles. The molecule has 2 aliphatic heterocycles. The minimum atomic E-state index is -0.497. The second kappa shape index (κ2) is 9.94. The zero-order valence-corrected chi connectivity index (χ0v) is 21.0. The second-order valence-corrected chi connectivity index (χ2v) is 10.4. The van der Waals surface area contributed by atoms with Crippen LogP contribution >= 0.6 is 11.6 Å². The van der Waals surface area contributed by atoms with E-state index in [1.165, 1.54) is 27.9 Å². The predicted molar refractivity (Wildman–Crippen MR) is 135 cm³/mol. The molecule has 178 valence electrons. The number of rotatable bonds is 4. The maximum Gasteiger partial charge on any atom is 0.410 e. The second-order valence-electron chi connectivity index (χ2n) is 9.96. The lowest BCUT2D eigenvalue weighted by Crippen LogP contribution is -2.38. The molecule has 2 aromatic carbocycles. The van der Waals surface area contributed by atoms with Crippen molar-refractivity contribution in [3.05, 3.63) is 52.0 Å². The van der Waals surface area contributed by atoms with Crippen molar-refractivity contribution in [2.75, 3.05) is 44.8 Å². The molecule has 0 unspecified atom stereocenters. The summed E-state index contributed by atoms with van der Waals surface area (Å²) in [6, 6.07) is 10.6. The van der Waals surface area contributed by atoms with Crippen molar-refractivity contribution in [2.45, 2.75) is 52.1 Å². The average molecular weight is 471 g/mol. The van der Waals surface area contributed by atoms with Crippen LogP contribution in [0.2, 0.25) is 5.02 Å². The predicted octanol–water partition coefficient (Wildman–Crippen LogP) is 5.74. The van der Waals surface area contributed by atoms with Crippen molar-refractivity contribution in [1.82, 2.24) is 4.90 Å². The van der Waals surface area contributed by atoms with Crippen LogP contribution in [0.4, 0.5) is 10.5 Å². The van der Waals surface area contributed by atoms with Crippen LogP contribution in [0.5, 0.6) is 0 Å². The fourth-order valence-corrected chi connectivity index (χ4v) is 5.16. The zero-order valence-electron chi connectivity index (χ0n) is 20.2. The summed E-state index contributed by atoms with van der Waals surface area (Å²) >= 11 is 6.44. The number of anilines is 1. The molecule has 33 heavy (non-hydrogen) atoms. The molecule has 6 heteroatoms. The number of halogens is 1. The number of hydrogen-bond donors (Lipinski definition) is 0. The highest BCUT2D eigenvalue weighted by molar-refractivity contribution is 6.30. The number of methoxy groups -OCH3 is 1. The Balaban J connectivity index is 1.77. The summed E-state index contributed by atoms with van der Waals surface area (Å²) in [5.41, 5.74) is 7.28. The third kappa shape index (κ3) is 5.47. The number of ether oxygens (including phenoxy) is 2. The van der Waals surface area contributed by atoms with Gasteiger partial charge in [-0.25, -0.2) is 4.79 Å². The number of aryl methyl sites for hydroxylation is 1. The Morgan fingerprint density at radius 1 is 1.06 bits per heavy atom. The van der Waals surface area contributed by atoms with Gasteiger partial charge in [0.15, 0.2) is 0 Å². The minimum absolute atomic E-state index is 0.230. The Morgan fingerprint density at radius 2 is 1.85 bits per heavy atom.